The number of nitrogens with one attached hydrogen (secondary N) is 3. The molecule has 1 aromatic carbocycles. The van der Waals surface area contributed by atoms with Gasteiger partial charge in [-0.05, 0) is 43.5 Å². The molecule has 3 rings (SSSR count). The standard InChI is InChI=1S/C19H24N4S.HI/c1-13-5-4-6-17-15(11-22-18(13)17)9-10-21-19(20-3)23-12-16-8-7-14(2)24-16;/h4-8,11,22H,9-10,12H2,1-3H3,(H2,20,21,23);1H. The number of aromatic amines is 1. The molecule has 0 unspecified atom stereocenters. The van der Waals surface area contributed by atoms with E-state index in [0.717, 1.165) is 25.5 Å². The molecule has 6 heteroatoms. The highest BCUT2D eigenvalue weighted by Gasteiger charge is 2.06. The molecule has 0 radical (unpaired) electrons. The Morgan fingerprint density at radius 3 is 2.72 bits per heavy atom. The van der Waals surface area contributed by atoms with Crippen molar-refractivity contribution in [3.63, 3.8) is 0 Å². The van der Waals surface area contributed by atoms with Crippen molar-refractivity contribution in [3.8, 4) is 0 Å². The quantitative estimate of drug-likeness (QED) is 0.296. The molecule has 2 aromatic heterocycles. The first kappa shape index (κ1) is 19.8. The van der Waals surface area contributed by atoms with E-state index in [9.17, 15) is 0 Å². The molecule has 0 bridgehead atoms. The van der Waals surface area contributed by atoms with Gasteiger partial charge in [-0.1, -0.05) is 18.2 Å². The highest BCUT2D eigenvalue weighted by molar-refractivity contribution is 14.0. The molecule has 0 aliphatic heterocycles. The number of thiophene rings is 1. The van der Waals surface area contributed by atoms with Gasteiger partial charge >= 0.3 is 0 Å². The first-order chi connectivity index (χ1) is 11.7. The molecule has 3 aromatic rings. The molecule has 4 nitrogen and oxygen atoms in total. The summed E-state index contributed by atoms with van der Waals surface area (Å²) in [7, 11) is 1.81. The number of aromatic nitrogens is 1. The van der Waals surface area contributed by atoms with Crippen molar-refractivity contribution in [2.45, 2.75) is 26.8 Å². The summed E-state index contributed by atoms with van der Waals surface area (Å²) < 4.78 is 0. The normalized spacial score (nSPS) is 11.4. The summed E-state index contributed by atoms with van der Waals surface area (Å²) in [5.74, 6) is 0.845. The van der Waals surface area contributed by atoms with E-state index in [0.29, 0.717) is 0 Å². The van der Waals surface area contributed by atoms with Gasteiger partial charge in [-0.25, -0.2) is 0 Å². The predicted molar refractivity (Wildman–Crippen MR) is 119 cm³/mol. The first-order valence-corrected chi connectivity index (χ1v) is 9.04. The molecule has 25 heavy (non-hydrogen) atoms. The fourth-order valence-corrected chi connectivity index (χ4v) is 3.69. The number of H-pyrrole nitrogens is 1. The highest BCUT2D eigenvalue weighted by atomic mass is 127. The fraction of sp³-hybridized carbons (Fsp3) is 0.316. The van der Waals surface area contributed by atoms with E-state index >= 15 is 0 Å². The molecule has 0 fully saturated rings. The highest BCUT2D eigenvalue weighted by Crippen LogP contribution is 2.21. The molecule has 0 amide bonds. The van der Waals surface area contributed by atoms with E-state index < -0.39 is 0 Å². The molecule has 134 valence electrons. The second-order valence-corrected chi connectivity index (χ2v) is 7.30. The van der Waals surface area contributed by atoms with Crippen molar-refractivity contribution < 1.29 is 0 Å². The minimum atomic E-state index is 0. The van der Waals surface area contributed by atoms with Gasteiger partial charge in [0.05, 0.1) is 6.54 Å². The molecule has 0 saturated heterocycles. The van der Waals surface area contributed by atoms with Crippen molar-refractivity contribution in [1.29, 1.82) is 0 Å². The molecule has 0 atom stereocenters. The first-order valence-electron chi connectivity index (χ1n) is 8.23. The van der Waals surface area contributed by atoms with Gasteiger partial charge in [0.1, 0.15) is 0 Å². The Morgan fingerprint density at radius 1 is 1.16 bits per heavy atom. The summed E-state index contributed by atoms with van der Waals surface area (Å²) in [6.45, 7) is 5.93. The lowest BCUT2D eigenvalue weighted by Crippen LogP contribution is -2.37. The van der Waals surface area contributed by atoms with Gasteiger partial charge < -0.3 is 15.6 Å². The maximum Gasteiger partial charge on any atom is 0.191 e. The number of guanidine groups is 1. The van der Waals surface area contributed by atoms with Gasteiger partial charge in [-0.3, -0.25) is 4.99 Å². The Labute approximate surface area is 170 Å². The largest absolute Gasteiger partial charge is 0.361 e. The minimum absolute atomic E-state index is 0. The number of fused-ring (bicyclic) bond motifs is 1. The third-order valence-electron chi connectivity index (χ3n) is 4.15. The average Bonchev–Trinajstić information content (AvgIpc) is 3.18. The summed E-state index contributed by atoms with van der Waals surface area (Å²) in [6.07, 6.45) is 3.08. The summed E-state index contributed by atoms with van der Waals surface area (Å²) >= 11 is 1.82. The van der Waals surface area contributed by atoms with Crippen LogP contribution in [0.1, 0.15) is 20.9 Å². The maximum atomic E-state index is 4.30. The number of rotatable bonds is 5. The molecule has 0 spiro atoms. The van der Waals surface area contributed by atoms with Crippen LogP contribution in [0, 0.1) is 13.8 Å². The Bertz CT molecular complexity index is 850. The SMILES string of the molecule is CN=C(NCCc1c[nH]c2c(C)cccc12)NCc1ccc(C)s1.I. The van der Waals surface area contributed by atoms with E-state index in [1.165, 1.54) is 31.8 Å². The van der Waals surface area contributed by atoms with Crippen molar-refractivity contribution in [3.05, 3.63) is 57.4 Å². The third-order valence-corrected chi connectivity index (χ3v) is 5.15. The van der Waals surface area contributed by atoms with Crippen LogP contribution in [-0.2, 0) is 13.0 Å². The summed E-state index contributed by atoms with van der Waals surface area (Å²) in [6, 6.07) is 10.7. The topological polar surface area (TPSA) is 52.2 Å². The van der Waals surface area contributed by atoms with Crippen molar-refractivity contribution in [2.24, 2.45) is 4.99 Å². The summed E-state index contributed by atoms with van der Waals surface area (Å²) in [5.41, 5.74) is 3.86. The van der Waals surface area contributed by atoms with Crippen LogP contribution in [0.5, 0.6) is 0 Å². The summed E-state index contributed by atoms with van der Waals surface area (Å²) in [5, 5.41) is 8.07. The molecule has 0 saturated carbocycles. The fourth-order valence-electron chi connectivity index (χ4n) is 2.86. The van der Waals surface area contributed by atoms with E-state index in [1.54, 1.807) is 0 Å². The van der Waals surface area contributed by atoms with E-state index in [1.807, 2.05) is 18.4 Å². The van der Waals surface area contributed by atoms with Crippen molar-refractivity contribution in [1.82, 2.24) is 15.6 Å². The zero-order chi connectivity index (χ0) is 16.9. The Hall–Kier alpha value is -1.54. The van der Waals surface area contributed by atoms with Crippen LogP contribution in [0.15, 0.2) is 41.5 Å². The number of aliphatic imine (C=N–C) groups is 1. The average molecular weight is 468 g/mol. The van der Waals surface area contributed by atoms with Crippen LogP contribution in [0.25, 0.3) is 10.9 Å². The van der Waals surface area contributed by atoms with Crippen LogP contribution in [0.2, 0.25) is 0 Å². The number of halogens is 1. The number of hydrogen-bond acceptors (Lipinski definition) is 2. The molecule has 2 heterocycles. The second-order valence-electron chi connectivity index (χ2n) is 5.93. The van der Waals surface area contributed by atoms with E-state index in [2.05, 4.69) is 71.0 Å². The lowest BCUT2D eigenvalue weighted by atomic mass is 10.1. The van der Waals surface area contributed by atoms with Gasteiger partial charge in [0.15, 0.2) is 5.96 Å². The minimum Gasteiger partial charge on any atom is -0.361 e. The number of aryl methyl sites for hydroxylation is 2. The number of para-hydroxylation sites is 1. The van der Waals surface area contributed by atoms with Crippen molar-refractivity contribution in [2.75, 3.05) is 13.6 Å². The smallest absolute Gasteiger partial charge is 0.191 e. The lowest BCUT2D eigenvalue weighted by molar-refractivity contribution is 0.801. The lowest BCUT2D eigenvalue weighted by Gasteiger charge is -2.11. The van der Waals surface area contributed by atoms with Gasteiger partial charge in [0.25, 0.3) is 0 Å². The number of benzene rings is 1. The summed E-state index contributed by atoms with van der Waals surface area (Å²) in [4.78, 5) is 10.3. The molecule has 3 N–H and O–H groups in total. The molecular weight excluding hydrogens is 443 g/mol. The van der Waals surface area contributed by atoms with E-state index in [4.69, 9.17) is 0 Å². The van der Waals surface area contributed by atoms with Crippen LogP contribution in [0.3, 0.4) is 0 Å². The van der Waals surface area contributed by atoms with Crippen molar-refractivity contribution >= 4 is 52.2 Å². The van der Waals surface area contributed by atoms with Gasteiger partial charge in [-0.15, -0.1) is 35.3 Å². The van der Waals surface area contributed by atoms with Gasteiger partial charge in [0, 0.05) is 40.4 Å². The zero-order valence-electron chi connectivity index (χ0n) is 14.8. The van der Waals surface area contributed by atoms with Gasteiger partial charge in [0.2, 0.25) is 0 Å². The zero-order valence-corrected chi connectivity index (χ0v) is 18.0. The predicted octanol–water partition coefficient (Wildman–Crippen LogP) is 4.37. The Kier molecular flexibility index (Phi) is 7.31. The van der Waals surface area contributed by atoms with E-state index in [-0.39, 0.29) is 24.0 Å². The van der Waals surface area contributed by atoms with Gasteiger partial charge in [-0.2, -0.15) is 0 Å². The maximum absolute atomic E-state index is 4.30. The Morgan fingerprint density at radius 2 is 2.00 bits per heavy atom. The monoisotopic (exact) mass is 468 g/mol. The Balaban J connectivity index is 0.00000225. The van der Waals surface area contributed by atoms with Crippen LogP contribution < -0.4 is 10.6 Å². The van der Waals surface area contributed by atoms with Crippen LogP contribution >= 0.6 is 35.3 Å². The van der Waals surface area contributed by atoms with Crippen LogP contribution in [-0.4, -0.2) is 24.5 Å². The number of nitrogens with zero attached hydrogens (tertiary/aromatic N) is 1. The third kappa shape index (κ3) is 4.98. The number of hydrogen-bond donors (Lipinski definition) is 3. The second kappa shape index (κ2) is 9.24. The molecule has 0 aliphatic carbocycles. The molecule has 0 aliphatic rings. The van der Waals surface area contributed by atoms with Crippen LogP contribution in [0.4, 0.5) is 0 Å². The molecular formula is C19H25IN4S.